The van der Waals surface area contributed by atoms with E-state index in [9.17, 15) is 4.79 Å². The van der Waals surface area contributed by atoms with Crippen LogP contribution >= 0.6 is 0 Å². The van der Waals surface area contributed by atoms with Gasteiger partial charge in [0.1, 0.15) is 17.9 Å². The summed E-state index contributed by atoms with van der Waals surface area (Å²) in [7, 11) is 8.13. The van der Waals surface area contributed by atoms with Gasteiger partial charge in [0.15, 0.2) is 0 Å². The highest BCUT2D eigenvalue weighted by Gasteiger charge is 2.09. The fraction of sp³-hybridized carbons (Fsp3) is 0.323. The molecule has 2 amide bonds. The molecule has 0 aliphatic rings. The van der Waals surface area contributed by atoms with Crippen molar-refractivity contribution in [1.82, 2.24) is 19.8 Å². The predicted octanol–water partition coefficient (Wildman–Crippen LogP) is 5.32. The molecule has 9 nitrogen and oxygen atoms in total. The fourth-order valence-electron chi connectivity index (χ4n) is 4.32. The van der Waals surface area contributed by atoms with Crippen LogP contribution in [0.1, 0.15) is 17.5 Å². The Bertz CT molecular complexity index is 1390. The molecule has 0 radical (unpaired) electrons. The highest BCUT2D eigenvalue weighted by Crippen LogP contribution is 2.24. The third kappa shape index (κ3) is 8.65. The second-order valence-corrected chi connectivity index (χ2v) is 10.3. The number of nitrogens with one attached hydrogen (secondary N) is 3. The number of ether oxygens (including phenoxy) is 1. The molecule has 0 aliphatic heterocycles. The Hall–Kier alpha value is -4.21. The number of para-hydroxylation sites is 1. The molecule has 0 aliphatic carbocycles. The van der Waals surface area contributed by atoms with E-state index < -0.39 is 0 Å². The van der Waals surface area contributed by atoms with Gasteiger partial charge in [0, 0.05) is 42.5 Å². The molecule has 0 bridgehead atoms. The van der Waals surface area contributed by atoms with Crippen molar-refractivity contribution in [2.75, 3.05) is 63.8 Å². The van der Waals surface area contributed by atoms with Gasteiger partial charge < -0.3 is 30.5 Å². The van der Waals surface area contributed by atoms with E-state index in [-0.39, 0.29) is 6.03 Å². The summed E-state index contributed by atoms with van der Waals surface area (Å²) < 4.78 is 5.89. The van der Waals surface area contributed by atoms with E-state index >= 15 is 0 Å². The summed E-state index contributed by atoms with van der Waals surface area (Å²) in [5.74, 6) is 1.62. The average molecular weight is 542 g/mol. The van der Waals surface area contributed by atoms with Gasteiger partial charge in [0.2, 0.25) is 0 Å². The van der Waals surface area contributed by atoms with Crippen LogP contribution in [0.3, 0.4) is 0 Å². The Morgan fingerprint density at radius 1 is 0.900 bits per heavy atom. The number of rotatable bonds is 13. The van der Waals surface area contributed by atoms with Gasteiger partial charge in [-0.05, 0) is 82.5 Å². The number of nitrogens with zero attached hydrogens (tertiary/aromatic N) is 4. The summed E-state index contributed by atoms with van der Waals surface area (Å²) >= 11 is 0. The standard InChI is InChI=1S/C31H39N7O2/c1-37(2)18-7-19-40-26-14-15-27-29(20-26)33-22-34-30(27)32-17-16-23-10-12-25(13-11-23)35-31(39)36-28-9-6-5-8-24(28)21-38(3)4/h5-6,8-15,20,22H,7,16-19,21H2,1-4H3,(H,32,33,34)(H2,35,36,39). The molecule has 3 aromatic carbocycles. The first kappa shape index (κ1) is 28.8. The number of fused-ring (bicyclic) bond motifs is 1. The van der Waals surface area contributed by atoms with Gasteiger partial charge in [-0.25, -0.2) is 14.8 Å². The third-order valence-corrected chi connectivity index (χ3v) is 6.30. The van der Waals surface area contributed by atoms with Gasteiger partial charge in [-0.15, -0.1) is 0 Å². The molecule has 0 saturated heterocycles. The molecule has 1 aromatic heterocycles. The van der Waals surface area contributed by atoms with Crippen molar-refractivity contribution in [1.29, 1.82) is 0 Å². The van der Waals surface area contributed by atoms with Crippen LogP contribution < -0.4 is 20.7 Å². The number of carbonyl (C=O) groups is 1. The monoisotopic (exact) mass is 541 g/mol. The van der Waals surface area contributed by atoms with Gasteiger partial charge in [-0.3, -0.25) is 0 Å². The van der Waals surface area contributed by atoms with Gasteiger partial charge in [0.05, 0.1) is 12.1 Å². The van der Waals surface area contributed by atoms with Crippen molar-refractivity contribution in [2.24, 2.45) is 0 Å². The topological polar surface area (TPSA) is 94.6 Å². The van der Waals surface area contributed by atoms with E-state index in [1.807, 2.05) is 80.8 Å². The normalized spacial score (nSPS) is 11.2. The molecule has 3 N–H and O–H groups in total. The number of carbonyl (C=O) groups excluding carboxylic acids is 1. The van der Waals surface area contributed by atoms with E-state index in [4.69, 9.17) is 4.74 Å². The minimum Gasteiger partial charge on any atom is -0.493 e. The number of anilines is 3. The summed E-state index contributed by atoms with van der Waals surface area (Å²) in [5, 5.41) is 10.3. The van der Waals surface area contributed by atoms with Crippen molar-refractivity contribution in [3.05, 3.63) is 84.2 Å². The van der Waals surface area contributed by atoms with Gasteiger partial charge in [0.25, 0.3) is 0 Å². The first-order valence-corrected chi connectivity index (χ1v) is 13.5. The van der Waals surface area contributed by atoms with Gasteiger partial charge in [-0.2, -0.15) is 0 Å². The van der Waals surface area contributed by atoms with Crippen molar-refractivity contribution in [3.63, 3.8) is 0 Å². The number of benzene rings is 3. The second-order valence-electron chi connectivity index (χ2n) is 10.3. The molecule has 40 heavy (non-hydrogen) atoms. The van der Waals surface area contributed by atoms with E-state index in [1.54, 1.807) is 6.33 Å². The molecule has 9 heteroatoms. The highest BCUT2D eigenvalue weighted by molar-refractivity contribution is 6.00. The number of amides is 2. The number of hydrogen-bond donors (Lipinski definition) is 3. The van der Waals surface area contributed by atoms with E-state index in [1.165, 1.54) is 0 Å². The summed E-state index contributed by atoms with van der Waals surface area (Å²) in [6.07, 6.45) is 3.35. The van der Waals surface area contributed by atoms with Crippen LogP contribution in [0.5, 0.6) is 5.75 Å². The Kier molecular flexibility index (Phi) is 10.3. The maximum Gasteiger partial charge on any atom is 0.323 e. The zero-order valence-corrected chi connectivity index (χ0v) is 23.8. The summed E-state index contributed by atoms with van der Waals surface area (Å²) in [4.78, 5) is 25.7. The van der Waals surface area contributed by atoms with E-state index in [0.29, 0.717) is 13.2 Å². The summed E-state index contributed by atoms with van der Waals surface area (Å²) in [6.45, 7) is 3.12. The Morgan fingerprint density at radius 2 is 1.70 bits per heavy atom. The van der Waals surface area contributed by atoms with Crippen molar-refractivity contribution in [3.8, 4) is 5.75 Å². The van der Waals surface area contributed by atoms with Crippen LogP contribution in [0.25, 0.3) is 10.9 Å². The molecule has 0 fully saturated rings. The summed E-state index contributed by atoms with van der Waals surface area (Å²) in [6, 6.07) is 21.4. The second kappa shape index (κ2) is 14.3. The average Bonchev–Trinajstić information content (AvgIpc) is 2.93. The highest BCUT2D eigenvalue weighted by atomic mass is 16.5. The lowest BCUT2D eigenvalue weighted by molar-refractivity contribution is 0.262. The number of urea groups is 1. The van der Waals surface area contributed by atoms with Crippen molar-refractivity contribution in [2.45, 2.75) is 19.4 Å². The van der Waals surface area contributed by atoms with E-state index in [0.717, 1.165) is 70.9 Å². The molecule has 4 rings (SSSR count). The lowest BCUT2D eigenvalue weighted by Crippen LogP contribution is -2.21. The maximum atomic E-state index is 12.6. The predicted molar refractivity (Wildman–Crippen MR) is 163 cm³/mol. The molecule has 210 valence electrons. The Labute approximate surface area is 236 Å². The largest absolute Gasteiger partial charge is 0.493 e. The molecule has 0 atom stereocenters. The zero-order chi connectivity index (χ0) is 28.3. The Balaban J connectivity index is 1.27. The lowest BCUT2D eigenvalue weighted by atomic mass is 10.1. The molecule has 4 aromatic rings. The fourth-order valence-corrected chi connectivity index (χ4v) is 4.32. The molecule has 0 saturated carbocycles. The number of aromatic nitrogens is 2. The molecule has 0 spiro atoms. The van der Waals surface area contributed by atoms with Gasteiger partial charge >= 0.3 is 6.03 Å². The van der Waals surface area contributed by atoms with Crippen LogP contribution in [0.4, 0.5) is 22.0 Å². The smallest absolute Gasteiger partial charge is 0.323 e. The zero-order valence-electron chi connectivity index (χ0n) is 23.8. The van der Waals surface area contributed by atoms with Crippen molar-refractivity contribution < 1.29 is 9.53 Å². The Morgan fingerprint density at radius 3 is 2.48 bits per heavy atom. The van der Waals surface area contributed by atoms with Crippen LogP contribution in [-0.4, -0.2) is 73.7 Å². The van der Waals surface area contributed by atoms with Crippen LogP contribution in [0.15, 0.2) is 73.1 Å². The third-order valence-electron chi connectivity index (χ3n) is 6.30. The minimum atomic E-state index is -0.265. The molecule has 0 unspecified atom stereocenters. The first-order chi connectivity index (χ1) is 19.4. The first-order valence-electron chi connectivity index (χ1n) is 13.5. The maximum absolute atomic E-state index is 12.6. The van der Waals surface area contributed by atoms with Crippen LogP contribution in [0.2, 0.25) is 0 Å². The van der Waals surface area contributed by atoms with E-state index in [2.05, 4.69) is 49.8 Å². The lowest BCUT2D eigenvalue weighted by Gasteiger charge is -2.15. The molecular weight excluding hydrogens is 502 g/mol. The van der Waals surface area contributed by atoms with Gasteiger partial charge in [-0.1, -0.05) is 30.3 Å². The number of hydrogen-bond acceptors (Lipinski definition) is 7. The molecule has 1 heterocycles. The van der Waals surface area contributed by atoms with Crippen molar-refractivity contribution >= 4 is 34.1 Å². The summed E-state index contributed by atoms with van der Waals surface area (Å²) in [5.41, 5.74) is 4.60. The van der Waals surface area contributed by atoms with Crippen LogP contribution in [0, 0.1) is 0 Å². The molecular formula is C31H39N7O2. The SMILES string of the molecule is CN(C)CCCOc1ccc2c(NCCc3ccc(NC(=O)Nc4ccccc4CN(C)C)cc3)ncnc2c1. The quantitative estimate of drug-likeness (QED) is 0.197. The van der Waals surface area contributed by atoms with Crippen LogP contribution in [-0.2, 0) is 13.0 Å². The minimum absolute atomic E-state index is 0.265.